The summed E-state index contributed by atoms with van der Waals surface area (Å²) in [6.07, 6.45) is 0.585. The van der Waals surface area contributed by atoms with Gasteiger partial charge in [-0.05, 0) is 62.1 Å². The fourth-order valence-corrected chi connectivity index (χ4v) is 4.49. The van der Waals surface area contributed by atoms with Crippen LogP contribution >= 0.6 is 23.2 Å². The van der Waals surface area contributed by atoms with E-state index in [2.05, 4.69) is 5.32 Å². The summed E-state index contributed by atoms with van der Waals surface area (Å²) < 4.78 is 0. The van der Waals surface area contributed by atoms with Gasteiger partial charge in [-0.1, -0.05) is 83.4 Å². The predicted molar refractivity (Wildman–Crippen MR) is 144 cm³/mol. The van der Waals surface area contributed by atoms with E-state index < -0.39 is 6.04 Å². The molecule has 2 amide bonds. The molecular weight excluding hydrogens is 479 g/mol. The summed E-state index contributed by atoms with van der Waals surface area (Å²) in [5, 5.41) is 3.99. The second-order valence-electron chi connectivity index (χ2n) is 9.23. The summed E-state index contributed by atoms with van der Waals surface area (Å²) in [5.74, 6) is -0.326. The number of carbonyl (C=O) groups is 2. The van der Waals surface area contributed by atoms with E-state index in [1.54, 1.807) is 17.0 Å². The summed E-state index contributed by atoms with van der Waals surface area (Å²) in [7, 11) is 0. The van der Waals surface area contributed by atoms with Gasteiger partial charge >= 0.3 is 0 Å². The third-order valence-corrected chi connectivity index (χ3v) is 6.49. The highest BCUT2D eigenvalue weighted by Gasteiger charge is 2.31. The minimum atomic E-state index is -0.704. The Morgan fingerprint density at radius 3 is 2.29 bits per heavy atom. The van der Waals surface area contributed by atoms with E-state index in [1.165, 1.54) is 0 Å². The Kier molecular flexibility index (Phi) is 9.36. The van der Waals surface area contributed by atoms with Crippen LogP contribution in [0.3, 0.4) is 0 Å². The first-order valence-corrected chi connectivity index (χ1v) is 12.5. The van der Waals surface area contributed by atoms with Crippen molar-refractivity contribution in [3.8, 4) is 0 Å². The normalized spacial score (nSPS) is 11.9. The number of rotatable bonds is 9. The van der Waals surface area contributed by atoms with Crippen molar-refractivity contribution in [2.45, 2.75) is 59.2 Å². The molecule has 184 valence electrons. The zero-order chi connectivity index (χ0) is 25.5. The first kappa shape index (κ1) is 26.8. The third-order valence-electron chi connectivity index (χ3n) is 5.90. The van der Waals surface area contributed by atoms with Gasteiger partial charge in [0.25, 0.3) is 0 Å². The quantitative estimate of drug-likeness (QED) is 0.366. The van der Waals surface area contributed by atoms with E-state index in [-0.39, 0.29) is 30.8 Å². The highest BCUT2D eigenvalue weighted by molar-refractivity contribution is 6.35. The molecule has 3 rings (SSSR count). The summed E-state index contributed by atoms with van der Waals surface area (Å²) in [6, 6.07) is 20.3. The first-order chi connectivity index (χ1) is 16.6. The van der Waals surface area contributed by atoms with Crippen LogP contribution in [0.5, 0.6) is 0 Å². The van der Waals surface area contributed by atoms with Crippen molar-refractivity contribution in [1.29, 1.82) is 0 Å². The van der Waals surface area contributed by atoms with Gasteiger partial charge in [0.05, 0.1) is 6.42 Å². The molecule has 1 N–H and O–H groups in total. The standard InChI is InChI=1S/C29H32Cl2N2O2/c1-19(2)32-29(35)27(15-22-8-6-5-7-9-22)33(18-23-12-13-25(30)17-26(23)31)28(34)16-24-14-20(3)10-11-21(24)4/h5-14,17,19,27H,15-16,18H2,1-4H3,(H,32,35)/t27-/m0/s1. The lowest BCUT2D eigenvalue weighted by Gasteiger charge is -2.32. The van der Waals surface area contributed by atoms with Crippen LogP contribution in [0.1, 0.15) is 41.7 Å². The molecule has 4 nitrogen and oxygen atoms in total. The smallest absolute Gasteiger partial charge is 0.243 e. The molecule has 3 aromatic rings. The molecule has 0 fully saturated rings. The predicted octanol–water partition coefficient (Wildman–Crippen LogP) is 6.32. The van der Waals surface area contributed by atoms with Gasteiger partial charge in [-0.15, -0.1) is 0 Å². The molecule has 3 aromatic carbocycles. The van der Waals surface area contributed by atoms with Crippen molar-refractivity contribution in [3.05, 3.63) is 105 Å². The van der Waals surface area contributed by atoms with Crippen molar-refractivity contribution in [2.24, 2.45) is 0 Å². The van der Waals surface area contributed by atoms with Gasteiger partial charge in [-0.25, -0.2) is 0 Å². The van der Waals surface area contributed by atoms with E-state index in [0.29, 0.717) is 16.5 Å². The van der Waals surface area contributed by atoms with Crippen LogP contribution in [0.25, 0.3) is 0 Å². The molecule has 0 saturated carbocycles. The van der Waals surface area contributed by atoms with Crippen LogP contribution in [0, 0.1) is 13.8 Å². The number of nitrogens with one attached hydrogen (secondary N) is 1. The molecule has 0 aromatic heterocycles. The molecule has 0 aliphatic rings. The zero-order valence-corrected chi connectivity index (χ0v) is 22.2. The van der Waals surface area contributed by atoms with Crippen LogP contribution in [-0.4, -0.2) is 28.8 Å². The maximum absolute atomic E-state index is 13.9. The molecule has 0 heterocycles. The highest BCUT2D eigenvalue weighted by atomic mass is 35.5. The van der Waals surface area contributed by atoms with Crippen molar-refractivity contribution >= 4 is 35.0 Å². The second kappa shape index (κ2) is 12.2. The Bertz CT molecular complexity index is 1180. The molecule has 0 saturated heterocycles. The fourth-order valence-electron chi connectivity index (χ4n) is 4.02. The van der Waals surface area contributed by atoms with E-state index in [4.69, 9.17) is 23.2 Å². The maximum atomic E-state index is 13.9. The monoisotopic (exact) mass is 510 g/mol. The molecule has 1 atom stereocenters. The number of amides is 2. The van der Waals surface area contributed by atoms with E-state index >= 15 is 0 Å². The summed E-state index contributed by atoms with van der Waals surface area (Å²) in [4.78, 5) is 29.0. The van der Waals surface area contributed by atoms with Gasteiger partial charge in [0.15, 0.2) is 0 Å². The third kappa shape index (κ3) is 7.58. The molecule has 0 unspecified atom stereocenters. The Hall–Kier alpha value is -2.82. The Morgan fingerprint density at radius 1 is 0.914 bits per heavy atom. The summed E-state index contributed by atoms with van der Waals surface area (Å²) in [5.41, 5.74) is 4.79. The van der Waals surface area contributed by atoms with E-state index in [9.17, 15) is 9.59 Å². The van der Waals surface area contributed by atoms with Gasteiger partial charge in [-0.2, -0.15) is 0 Å². The molecule has 0 radical (unpaired) electrons. The Labute approximate surface area is 218 Å². The van der Waals surface area contributed by atoms with Crippen molar-refractivity contribution in [1.82, 2.24) is 10.2 Å². The lowest BCUT2D eigenvalue weighted by Crippen LogP contribution is -2.52. The average Bonchev–Trinajstić information content (AvgIpc) is 2.80. The number of aryl methyl sites for hydroxylation is 2. The van der Waals surface area contributed by atoms with Gasteiger partial charge in [0, 0.05) is 29.1 Å². The second-order valence-corrected chi connectivity index (χ2v) is 10.1. The number of halogens is 2. The zero-order valence-electron chi connectivity index (χ0n) is 20.6. The summed E-state index contributed by atoms with van der Waals surface area (Å²) in [6.45, 7) is 8.02. The molecular formula is C29H32Cl2N2O2. The van der Waals surface area contributed by atoms with Crippen LogP contribution in [0.2, 0.25) is 10.0 Å². The number of hydrogen-bond donors (Lipinski definition) is 1. The Morgan fingerprint density at radius 2 is 1.63 bits per heavy atom. The van der Waals surface area contributed by atoms with E-state index in [1.807, 2.05) is 82.3 Å². The molecule has 35 heavy (non-hydrogen) atoms. The number of benzene rings is 3. The minimum absolute atomic E-state index is 0.0594. The number of hydrogen-bond acceptors (Lipinski definition) is 2. The lowest BCUT2D eigenvalue weighted by atomic mass is 9.99. The van der Waals surface area contributed by atoms with Crippen molar-refractivity contribution in [3.63, 3.8) is 0 Å². The topological polar surface area (TPSA) is 49.4 Å². The van der Waals surface area contributed by atoms with Crippen LogP contribution < -0.4 is 5.32 Å². The Balaban J connectivity index is 2.03. The minimum Gasteiger partial charge on any atom is -0.352 e. The van der Waals surface area contributed by atoms with Gasteiger partial charge in [-0.3, -0.25) is 9.59 Å². The number of nitrogens with zero attached hydrogens (tertiary/aromatic N) is 1. The average molecular weight is 511 g/mol. The number of carbonyl (C=O) groups excluding carboxylic acids is 2. The molecule has 0 bridgehead atoms. The van der Waals surface area contributed by atoms with Gasteiger partial charge in [0.1, 0.15) is 6.04 Å². The van der Waals surface area contributed by atoms with Crippen molar-refractivity contribution in [2.75, 3.05) is 0 Å². The van der Waals surface area contributed by atoms with Gasteiger partial charge < -0.3 is 10.2 Å². The summed E-state index contributed by atoms with van der Waals surface area (Å²) >= 11 is 12.6. The van der Waals surface area contributed by atoms with Crippen LogP contribution in [0.15, 0.2) is 66.7 Å². The first-order valence-electron chi connectivity index (χ1n) is 11.8. The molecule has 0 aliphatic heterocycles. The van der Waals surface area contributed by atoms with Gasteiger partial charge in [0.2, 0.25) is 11.8 Å². The van der Waals surface area contributed by atoms with Crippen LogP contribution in [0.4, 0.5) is 0 Å². The molecule has 0 aliphatic carbocycles. The largest absolute Gasteiger partial charge is 0.352 e. The fraction of sp³-hybridized carbons (Fsp3) is 0.310. The highest BCUT2D eigenvalue weighted by Crippen LogP contribution is 2.25. The van der Waals surface area contributed by atoms with Crippen molar-refractivity contribution < 1.29 is 9.59 Å². The van der Waals surface area contributed by atoms with E-state index in [0.717, 1.165) is 27.8 Å². The lowest BCUT2D eigenvalue weighted by molar-refractivity contribution is -0.141. The van der Waals surface area contributed by atoms with Crippen LogP contribution in [-0.2, 0) is 29.0 Å². The molecule has 0 spiro atoms. The maximum Gasteiger partial charge on any atom is 0.243 e. The SMILES string of the molecule is Cc1ccc(C)c(CC(=O)N(Cc2ccc(Cl)cc2Cl)[C@@H](Cc2ccccc2)C(=O)NC(C)C)c1. The molecule has 6 heteroatoms.